The monoisotopic (exact) mass is 441 g/mol. The van der Waals surface area contributed by atoms with Crippen molar-refractivity contribution in [2.45, 2.75) is 51.6 Å². The Labute approximate surface area is 185 Å². The third-order valence-electron chi connectivity index (χ3n) is 5.81. The number of piperidine rings is 1. The van der Waals surface area contributed by atoms with Crippen LogP contribution in [0.5, 0.6) is 0 Å². The summed E-state index contributed by atoms with van der Waals surface area (Å²) in [7, 11) is 0. The minimum absolute atomic E-state index is 0.0565. The summed E-state index contributed by atoms with van der Waals surface area (Å²) in [5, 5.41) is 1.27. The van der Waals surface area contributed by atoms with E-state index in [1.165, 1.54) is 23.7 Å². The van der Waals surface area contributed by atoms with Crippen LogP contribution in [0, 0.1) is 13.8 Å². The second-order valence-corrected chi connectivity index (χ2v) is 9.89. The van der Waals surface area contributed by atoms with E-state index < -0.39 is 0 Å². The zero-order chi connectivity index (χ0) is 21.3. The molecule has 3 aromatic rings. The molecule has 0 aliphatic carbocycles. The van der Waals surface area contributed by atoms with E-state index in [2.05, 4.69) is 6.92 Å². The van der Waals surface area contributed by atoms with Crippen molar-refractivity contribution >= 4 is 39.2 Å². The highest BCUT2D eigenvalue weighted by atomic mass is 32.2. The molecule has 3 heterocycles. The van der Waals surface area contributed by atoms with Crippen LogP contribution in [-0.4, -0.2) is 39.2 Å². The largest absolute Gasteiger partial charge is 0.342 e. The van der Waals surface area contributed by atoms with Crippen LogP contribution in [0.3, 0.4) is 0 Å². The maximum atomic E-state index is 13.5. The molecular weight excluding hydrogens is 414 g/mol. The standard InChI is InChI=1S/C23H27N3O2S2/c1-4-17-8-10-18(11-9-17)26-22(28)20-15(2)16(3)30-21(20)24-23(26)29-14-19(27)25-12-6-5-7-13-25/h8-11H,4-7,12-14H2,1-3H3. The van der Waals surface area contributed by atoms with Crippen LogP contribution in [0.2, 0.25) is 0 Å². The first-order chi connectivity index (χ1) is 14.5. The predicted molar refractivity (Wildman–Crippen MR) is 125 cm³/mol. The molecule has 1 aliphatic heterocycles. The highest BCUT2D eigenvalue weighted by Gasteiger charge is 2.21. The average molecular weight is 442 g/mol. The van der Waals surface area contributed by atoms with Gasteiger partial charge in [-0.25, -0.2) is 4.98 Å². The fraction of sp³-hybridized carbons (Fsp3) is 0.435. The first-order valence-electron chi connectivity index (χ1n) is 10.5. The lowest BCUT2D eigenvalue weighted by Gasteiger charge is -2.26. The molecule has 4 rings (SSSR count). The summed E-state index contributed by atoms with van der Waals surface area (Å²) in [6, 6.07) is 8.04. The molecule has 0 unspecified atom stereocenters. The lowest BCUT2D eigenvalue weighted by Crippen LogP contribution is -2.36. The van der Waals surface area contributed by atoms with Gasteiger partial charge in [0, 0.05) is 18.0 Å². The molecule has 5 nitrogen and oxygen atoms in total. The molecule has 1 aromatic carbocycles. The number of hydrogen-bond donors (Lipinski definition) is 0. The van der Waals surface area contributed by atoms with Gasteiger partial charge in [0.2, 0.25) is 5.91 Å². The van der Waals surface area contributed by atoms with Crippen LogP contribution in [0.1, 0.15) is 42.2 Å². The van der Waals surface area contributed by atoms with Crippen molar-refractivity contribution in [2.75, 3.05) is 18.8 Å². The molecule has 0 saturated carbocycles. The van der Waals surface area contributed by atoms with Gasteiger partial charge in [0.05, 0.1) is 16.8 Å². The van der Waals surface area contributed by atoms with Crippen molar-refractivity contribution in [2.24, 2.45) is 0 Å². The smallest absolute Gasteiger partial charge is 0.267 e. The van der Waals surface area contributed by atoms with Gasteiger partial charge < -0.3 is 4.90 Å². The number of aryl methyl sites for hydroxylation is 3. The van der Waals surface area contributed by atoms with Gasteiger partial charge in [-0.15, -0.1) is 11.3 Å². The van der Waals surface area contributed by atoms with E-state index in [0.717, 1.165) is 53.3 Å². The minimum Gasteiger partial charge on any atom is -0.342 e. The van der Waals surface area contributed by atoms with Crippen LogP contribution in [0.25, 0.3) is 15.9 Å². The van der Waals surface area contributed by atoms with Gasteiger partial charge >= 0.3 is 0 Å². The average Bonchev–Trinajstić information content (AvgIpc) is 3.06. The number of rotatable bonds is 5. The Morgan fingerprint density at radius 3 is 2.50 bits per heavy atom. The molecule has 0 atom stereocenters. The van der Waals surface area contributed by atoms with Crippen LogP contribution >= 0.6 is 23.1 Å². The maximum absolute atomic E-state index is 13.5. The van der Waals surface area contributed by atoms with E-state index in [1.807, 2.05) is 43.0 Å². The van der Waals surface area contributed by atoms with Gasteiger partial charge in [0.1, 0.15) is 4.83 Å². The number of fused-ring (bicyclic) bond motifs is 1. The second-order valence-electron chi connectivity index (χ2n) is 7.75. The quantitative estimate of drug-likeness (QED) is 0.424. The number of benzene rings is 1. The summed E-state index contributed by atoms with van der Waals surface area (Å²) in [4.78, 5) is 34.8. The van der Waals surface area contributed by atoms with E-state index in [4.69, 9.17) is 4.98 Å². The van der Waals surface area contributed by atoms with Gasteiger partial charge in [-0.1, -0.05) is 30.8 Å². The first-order valence-corrected chi connectivity index (χ1v) is 12.3. The molecule has 1 saturated heterocycles. The van der Waals surface area contributed by atoms with Gasteiger partial charge in [0.25, 0.3) is 5.56 Å². The fourth-order valence-electron chi connectivity index (χ4n) is 3.84. The number of carbonyl (C=O) groups is 1. The molecule has 0 spiro atoms. The van der Waals surface area contributed by atoms with E-state index in [0.29, 0.717) is 16.3 Å². The molecule has 1 aliphatic rings. The zero-order valence-corrected chi connectivity index (χ0v) is 19.4. The number of nitrogens with zero attached hydrogens (tertiary/aromatic N) is 3. The fourth-order valence-corrected chi connectivity index (χ4v) is 5.83. The van der Waals surface area contributed by atoms with Gasteiger partial charge in [-0.3, -0.25) is 14.2 Å². The van der Waals surface area contributed by atoms with Crippen molar-refractivity contribution in [3.05, 3.63) is 50.6 Å². The summed E-state index contributed by atoms with van der Waals surface area (Å²) in [6.07, 6.45) is 4.28. The van der Waals surface area contributed by atoms with Gasteiger partial charge in [0.15, 0.2) is 5.16 Å². The molecule has 0 bridgehead atoms. The summed E-state index contributed by atoms with van der Waals surface area (Å²) in [5.74, 6) is 0.425. The van der Waals surface area contributed by atoms with E-state index in [-0.39, 0.29) is 11.5 Å². The second kappa shape index (κ2) is 8.94. The van der Waals surface area contributed by atoms with Crippen LogP contribution in [0.15, 0.2) is 34.2 Å². The van der Waals surface area contributed by atoms with Crippen molar-refractivity contribution in [1.29, 1.82) is 0 Å². The van der Waals surface area contributed by atoms with Crippen molar-refractivity contribution in [3.63, 3.8) is 0 Å². The lowest BCUT2D eigenvalue weighted by molar-refractivity contribution is -0.129. The third-order valence-corrected chi connectivity index (χ3v) is 7.83. The Morgan fingerprint density at radius 1 is 1.13 bits per heavy atom. The summed E-state index contributed by atoms with van der Waals surface area (Å²) in [5.41, 5.74) is 2.95. The van der Waals surface area contributed by atoms with E-state index in [9.17, 15) is 9.59 Å². The number of aromatic nitrogens is 2. The summed E-state index contributed by atoms with van der Waals surface area (Å²) in [6.45, 7) is 7.78. The molecule has 30 heavy (non-hydrogen) atoms. The van der Waals surface area contributed by atoms with Crippen molar-refractivity contribution in [3.8, 4) is 5.69 Å². The molecule has 7 heteroatoms. The minimum atomic E-state index is -0.0565. The molecular formula is C23H27N3O2S2. The molecule has 1 fully saturated rings. The Balaban J connectivity index is 1.74. The Bertz CT molecular complexity index is 1130. The van der Waals surface area contributed by atoms with Gasteiger partial charge in [-0.05, 0) is 62.8 Å². The normalized spacial score (nSPS) is 14.4. The third kappa shape index (κ3) is 4.05. The molecule has 0 radical (unpaired) electrons. The number of thioether (sulfide) groups is 1. The highest BCUT2D eigenvalue weighted by Crippen LogP contribution is 2.30. The topological polar surface area (TPSA) is 55.2 Å². The maximum Gasteiger partial charge on any atom is 0.267 e. The first kappa shape index (κ1) is 21.1. The van der Waals surface area contributed by atoms with Crippen molar-refractivity contribution in [1.82, 2.24) is 14.5 Å². The number of carbonyl (C=O) groups excluding carboxylic acids is 1. The Hall–Kier alpha value is -2.12. The highest BCUT2D eigenvalue weighted by molar-refractivity contribution is 7.99. The summed E-state index contributed by atoms with van der Waals surface area (Å²) >= 11 is 2.91. The SMILES string of the molecule is CCc1ccc(-n2c(SCC(=O)N3CCCCC3)nc3sc(C)c(C)c3c2=O)cc1. The molecule has 158 valence electrons. The van der Waals surface area contributed by atoms with Crippen molar-refractivity contribution < 1.29 is 4.79 Å². The number of hydrogen-bond acceptors (Lipinski definition) is 5. The number of thiophene rings is 1. The van der Waals surface area contributed by atoms with Gasteiger partial charge in [-0.2, -0.15) is 0 Å². The number of likely N-dealkylation sites (tertiary alicyclic amines) is 1. The zero-order valence-electron chi connectivity index (χ0n) is 17.7. The van der Waals surface area contributed by atoms with Crippen LogP contribution < -0.4 is 5.56 Å². The molecule has 2 aromatic heterocycles. The predicted octanol–water partition coefficient (Wildman–Crippen LogP) is 4.73. The number of amides is 1. The van der Waals surface area contributed by atoms with Crippen LogP contribution in [0.4, 0.5) is 0 Å². The molecule has 1 amide bonds. The Morgan fingerprint density at radius 2 is 1.83 bits per heavy atom. The van der Waals surface area contributed by atoms with E-state index >= 15 is 0 Å². The lowest BCUT2D eigenvalue weighted by atomic mass is 10.1. The van der Waals surface area contributed by atoms with Crippen LogP contribution in [-0.2, 0) is 11.2 Å². The van der Waals surface area contributed by atoms with E-state index in [1.54, 1.807) is 15.9 Å². The summed E-state index contributed by atoms with van der Waals surface area (Å²) < 4.78 is 1.68. The molecule has 0 N–H and O–H groups in total. The Kier molecular flexibility index (Phi) is 6.29.